The summed E-state index contributed by atoms with van der Waals surface area (Å²) in [7, 11) is 0. The van der Waals surface area contributed by atoms with E-state index in [1.165, 1.54) is 22.7 Å². The minimum Gasteiger partial charge on any atom is -0.297 e. The SMILES string of the molecule is Cc1cccc2sc(NC(=O)c3cc(Cn4cc(Cl)cn4)cs3)nc12. The average molecular weight is 389 g/mol. The molecule has 1 N–H and O–H groups in total. The Labute approximate surface area is 156 Å². The molecule has 5 nitrogen and oxygen atoms in total. The predicted molar refractivity (Wildman–Crippen MR) is 103 cm³/mol. The van der Waals surface area contributed by atoms with Crippen LogP contribution in [0.25, 0.3) is 10.2 Å². The van der Waals surface area contributed by atoms with Gasteiger partial charge in [0.25, 0.3) is 5.91 Å². The summed E-state index contributed by atoms with van der Waals surface area (Å²) in [4.78, 5) is 17.6. The normalized spacial score (nSPS) is 11.1. The van der Waals surface area contributed by atoms with Crippen molar-refractivity contribution in [3.8, 4) is 0 Å². The second-order valence-electron chi connectivity index (χ2n) is 5.57. The van der Waals surface area contributed by atoms with E-state index in [9.17, 15) is 4.79 Å². The van der Waals surface area contributed by atoms with Gasteiger partial charge in [-0.2, -0.15) is 5.10 Å². The maximum absolute atomic E-state index is 12.5. The fraction of sp³-hybridized carbons (Fsp3) is 0.118. The van der Waals surface area contributed by atoms with Crippen LogP contribution in [0, 0.1) is 6.92 Å². The molecule has 3 heterocycles. The fourth-order valence-corrected chi connectivity index (χ4v) is 4.38. The molecule has 0 unspecified atom stereocenters. The summed E-state index contributed by atoms with van der Waals surface area (Å²) in [5.74, 6) is -0.147. The highest BCUT2D eigenvalue weighted by Gasteiger charge is 2.13. The van der Waals surface area contributed by atoms with Crippen molar-refractivity contribution in [2.45, 2.75) is 13.5 Å². The van der Waals surface area contributed by atoms with E-state index in [2.05, 4.69) is 15.4 Å². The number of anilines is 1. The molecule has 0 radical (unpaired) electrons. The molecule has 1 aromatic carbocycles. The summed E-state index contributed by atoms with van der Waals surface area (Å²) in [6.07, 6.45) is 3.35. The second-order valence-corrected chi connectivity index (χ2v) is 7.95. The van der Waals surface area contributed by atoms with Gasteiger partial charge < -0.3 is 0 Å². The van der Waals surface area contributed by atoms with Gasteiger partial charge in [-0.05, 0) is 35.6 Å². The Bertz CT molecular complexity index is 1070. The zero-order chi connectivity index (χ0) is 17.4. The van der Waals surface area contributed by atoms with Gasteiger partial charge in [-0.25, -0.2) is 4.98 Å². The number of nitrogens with one attached hydrogen (secondary N) is 1. The Morgan fingerprint density at radius 3 is 3.04 bits per heavy atom. The van der Waals surface area contributed by atoms with Crippen LogP contribution < -0.4 is 5.32 Å². The molecule has 0 saturated heterocycles. The van der Waals surface area contributed by atoms with Crippen molar-refractivity contribution in [1.82, 2.24) is 14.8 Å². The van der Waals surface area contributed by atoms with E-state index in [0.717, 1.165) is 21.3 Å². The summed E-state index contributed by atoms with van der Waals surface area (Å²) < 4.78 is 2.81. The van der Waals surface area contributed by atoms with E-state index in [4.69, 9.17) is 11.6 Å². The van der Waals surface area contributed by atoms with Crippen LogP contribution in [0.15, 0.2) is 42.0 Å². The number of carbonyl (C=O) groups is 1. The van der Waals surface area contributed by atoms with Gasteiger partial charge in [0.1, 0.15) is 0 Å². The van der Waals surface area contributed by atoms with Crippen LogP contribution in [0.2, 0.25) is 5.02 Å². The van der Waals surface area contributed by atoms with Crippen LogP contribution in [0.4, 0.5) is 5.13 Å². The van der Waals surface area contributed by atoms with Crippen molar-refractivity contribution in [3.05, 3.63) is 63.1 Å². The minimum atomic E-state index is -0.147. The van der Waals surface area contributed by atoms with Gasteiger partial charge in [0, 0.05) is 6.20 Å². The number of amides is 1. The first kappa shape index (κ1) is 16.3. The van der Waals surface area contributed by atoms with Crippen LogP contribution in [0.5, 0.6) is 0 Å². The Morgan fingerprint density at radius 2 is 2.28 bits per heavy atom. The number of benzene rings is 1. The number of hydrogen-bond acceptors (Lipinski definition) is 5. The zero-order valence-electron chi connectivity index (χ0n) is 13.2. The van der Waals surface area contributed by atoms with Crippen molar-refractivity contribution >= 4 is 55.5 Å². The number of fused-ring (bicyclic) bond motifs is 1. The minimum absolute atomic E-state index is 0.147. The standard InChI is InChI=1S/C17H13ClN4OS2/c1-10-3-2-4-13-15(10)20-17(25-13)21-16(23)14-5-11(9-24-14)7-22-8-12(18)6-19-22/h2-6,8-9H,7H2,1H3,(H,20,21,23). The molecule has 8 heteroatoms. The first-order valence-corrected chi connectivity index (χ1v) is 9.59. The molecule has 0 aliphatic heterocycles. The van der Waals surface area contributed by atoms with Crippen molar-refractivity contribution in [3.63, 3.8) is 0 Å². The van der Waals surface area contributed by atoms with E-state index >= 15 is 0 Å². The average Bonchev–Trinajstić information content (AvgIpc) is 3.28. The summed E-state index contributed by atoms with van der Waals surface area (Å²) in [5.41, 5.74) is 3.05. The number of nitrogens with zero attached hydrogens (tertiary/aromatic N) is 3. The summed E-state index contributed by atoms with van der Waals surface area (Å²) in [6.45, 7) is 2.59. The van der Waals surface area contributed by atoms with Crippen LogP contribution in [-0.2, 0) is 6.54 Å². The van der Waals surface area contributed by atoms with E-state index in [-0.39, 0.29) is 5.91 Å². The van der Waals surface area contributed by atoms with E-state index < -0.39 is 0 Å². The largest absolute Gasteiger partial charge is 0.297 e. The Hall–Kier alpha value is -2.22. The highest BCUT2D eigenvalue weighted by atomic mass is 35.5. The molecule has 0 atom stereocenters. The number of halogens is 1. The molecule has 0 aliphatic rings. The summed E-state index contributed by atoms with van der Waals surface area (Å²) in [6, 6.07) is 7.89. The smallest absolute Gasteiger partial charge is 0.267 e. The Kier molecular flexibility index (Phi) is 4.29. The van der Waals surface area contributed by atoms with Crippen LogP contribution in [0.3, 0.4) is 0 Å². The lowest BCUT2D eigenvalue weighted by molar-refractivity contribution is 0.103. The molecule has 25 heavy (non-hydrogen) atoms. The number of aryl methyl sites for hydroxylation is 1. The Morgan fingerprint density at radius 1 is 1.40 bits per heavy atom. The topological polar surface area (TPSA) is 59.8 Å². The molecule has 0 bridgehead atoms. The molecular formula is C17H13ClN4OS2. The van der Waals surface area contributed by atoms with Gasteiger partial charge in [0.05, 0.1) is 32.9 Å². The van der Waals surface area contributed by atoms with Gasteiger partial charge in [-0.3, -0.25) is 14.8 Å². The monoisotopic (exact) mass is 388 g/mol. The van der Waals surface area contributed by atoms with Crippen molar-refractivity contribution in [2.24, 2.45) is 0 Å². The Balaban J connectivity index is 1.49. The van der Waals surface area contributed by atoms with Gasteiger partial charge in [-0.1, -0.05) is 35.1 Å². The second kappa shape index (κ2) is 6.59. The number of rotatable bonds is 4. The van der Waals surface area contributed by atoms with Crippen LogP contribution >= 0.6 is 34.3 Å². The van der Waals surface area contributed by atoms with E-state index in [1.807, 2.05) is 36.6 Å². The van der Waals surface area contributed by atoms with Crippen molar-refractivity contribution < 1.29 is 4.79 Å². The third-order valence-electron chi connectivity index (χ3n) is 3.67. The highest BCUT2D eigenvalue weighted by molar-refractivity contribution is 7.22. The van der Waals surface area contributed by atoms with E-state index in [1.54, 1.807) is 17.1 Å². The molecule has 4 aromatic rings. The number of hydrogen-bond donors (Lipinski definition) is 1. The van der Waals surface area contributed by atoms with E-state index in [0.29, 0.717) is 21.6 Å². The molecule has 3 aromatic heterocycles. The molecule has 0 saturated carbocycles. The third-order valence-corrected chi connectivity index (χ3v) is 5.77. The molecule has 0 fully saturated rings. The number of thiazole rings is 1. The van der Waals surface area contributed by atoms with Gasteiger partial charge in [-0.15, -0.1) is 11.3 Å². The zero-order valence-corrected chi connectivity index (χ0v) is 15.6. The molecule has 0 spiro atoms. The molecule has 4 rings (SSSR count). The van der Waals surface area contributed by atoms with Gasteiger partial charge in [0.2, 0.25) is 0 Å². The molecule has 126 valence electrons. The first-order chi connectivity index (χ1) is 12.1. The highest BCUT2D eigenvalue weighted by Crippen LogP contribution is 2.28. The van der Waals surface area contributed by atoms with Gasteiger partial charge >= 0.3 is 0 Å². The number of thiophene rings is 1. The maximum atomic E-state index is 12.5. The lowest BCUT2D eigenvalue weighted by atomic mass is 10.2. The first-order valence-electron chi connectivity index (χ1n) is 7.51. The van der Waals surface area contributed by atoms with Crippen LogP contribution in [-0.4, -0.2) is 20.7 Å². The quantitative estimate of drug-likeness (QED) is 0.545. The lowest BCUT2D eigenvalue weighted by Gasteiger charge is -1.98. The van der Waals surface area contributed by atoms with Crippen molar-refractivity contribution in [2.75, 3.05) is 5.32 Å². The maximum Gasteiger partial charge on any atom is 0.267 e. The summed E-state index contributed by atoms with van der Waals surface area (Å²) in [5, 5.41) is 10.2. The number of carbonyl (C=O) groups excluding carboxylic acids is 1. The number of para-hydroxylation sites is 1. The molecule has 0 aliphatic carbocycles. The predicted octanol–water partition coefficient (Wildman–Crippen LogP) is 4.82. The molecular weight excluding hydrogens is 376 g/mol. The fourth-order valence-electron chi connectivity index (χ4n) is 2.49. The number of aromatic nitrogens is 3. The van der Waals surface area contributed by atoms with Gasteiger partial charge in [0.15, 0.2) is 5.13 Å². The molecule has 1 amide bonds. The van der Waals surface area contributed by atoms with Crippen LogP contribution in [0.1, 0.15) is 20.8 Å². The summed E-state index contributed by atoms with van der Waals surface area (Å²) >= 11 is 8.75. The van der Waals surface area contributed by atoms with Crippen molar-refractivity contribution in [1.29, 1.82) is 0 Å². The third kappa shape index (κ3) is 3.44. The lowest BCUT2D eigenvalue weighted by Crippen LogP contribution is -2.09.